The summed E-state index contributed by atoms with van der Waals surface area (Å²) < 4.78 is 31.8. The van der Waals surface area contributed by atoms with E-state index in [0.29, 0.717) is 0 Å². The molecule has 1 spiro atoms. The summed E-state index contributed by atoms with van der Waals surface area (Å²) in [6.07, 6.45) is 0.494. The summed E-state index contributed by atoms with van der Waals surface area (Å²) in [6, 6.07) is 0. The van der Waals surface area contributed by atoms with E-state index in [4.69, 9.17) is 0 Å². The average Bonchev–Trinajstić information content (AvgIpc) is 2.59. The first-order valence-electron chi connectivity index (χ1n) is 3.43. The van der Waals surface area contributed by atoms with Crippen LogP contribution in [0.5, 0.6) is 0 Å². The zero-order valence-electron chi connectivity index (χ0n) is 6.88. The third-order valence-corrected chi connectivity index (χ3v) is 2.02. The first-order chi connectivity index (χ1) is 5.46. The molecule has 13 heavy (non-hydrogen) atoms. The Kier molecular flexibility index (Phi) is 2.21. The van der Waals surface area contributed by atoms with Gasteiger partial charge in [-0.2, -0.15) is 0 Å². The van der Waals surface area contributed by atoms with Crippen molar-refractivity contribution in [2.45, 2.75) is 12.8 Å². The molecule has 8 heteroatoms. The predicted octanol–water partition coefficient (Wildman–Crippen LogP) is -2.75. The molecule has 0 amide bonds. The van der Waals surface area contributed by atoms with Gasteiger partial charge in [-0.3, -0.25) is 9.59 Å². The van der Waals surface area contributed by atoms with E-state index in [2.05, 4.69) is 9.31 Å². The number of hydrogen-bond acceptors (Lipinski definition) is 4. The molecule has 1 aliphatic carbocycles. The maximum Gasteiger partial charge on any atom is 1.00 e. The van der Waals surface area contributed by atoms with Crippen molar-refractivity contribution in [3.63, 3.8) is 0 Å². The van der Waals surface area contributed by atoms with E-state index in [9.17, 15) is 18.2 Å². The van der Waals surface area contributed by atoms with Crippen LogP contribution >= 0.6 is 0 Å². The topological polar surface area (TPSA) is 52.6 Å². The monoisotopic (exact) mass is 184 g/mol. The van der Waals surface area contributed by atoms with Crippen molar-refractivity contribution in [3.8, 4) is 0 Å². The normalized spacial score (nSPS) is 27.2. The second-order valence-corrected chi connectivity index (χ2v) is 2.93. The molecule has 1 heterocycles. The molecule has 0 radical (unpaired) electrons. The van der Waals surface area contributed by atoms with Crippen molar-refractivity contribution in [1.82, 2.24) is 0 Å². The minimum absolute atomic E-state index is 0. The molecular formula is C5H4BF2LiO4. The van der Waals surface area contributed by atoms with Crippen LogP contribution in [-0.2, 0) is 18.9 Å². The Hall–Kier alpha value is -0.538. The summed E-state index contributed by atoms with van der Waals surface area (Å²) in [7, 11) is -4.70. The molecule has 1 saturated heterocycles. The fourth-order valence-corrected chi connectivity index (χ4v) is 1.12. The molecule has 0 aromatic rings. The first-order valence-corrected chi connectivity index (χ1v) is 3.43. The van der Waals surface area contributed by atoms with Gasteiger partial charge in [0.05, 0.1) is 0 Å². The van der Waals surface area contributed by atoms with Crippen LogP contribution in [0, 0.1) is 5.41 Å². The third kappa shape index (κ3) is 1.47. The summed E-state index contributed by atoms with van der Waals surface area (Å²) in [5, 5.41) is 0. The van der Waals surface area contributed by atoms with Crippen LogP contribution < -0.4 is 18.9 Å². The molecule has 0 aromatic carbocycles. The Labute approximate surface area is 84.2 Å². The van der Waals surface area contributed by atoms with Crippen molar-refractivity contribution in [3.05, 3.63) is 0 Å². The molecule has 0 N–H and O–H groups in total. The summed E-state index contributed by atoms with van der Waals surface area (Å²) in [5.41, 5.74) is -1.39. The molecule has 2 fully saturated rings. The maximum atomic E-state index is 12.3. The molecule has 0 aromatic heterocycles. The van der Waals surface area contributed by atoms with Crippen LogP contribution in [0.15, 0.2) is 0 Å². The largest absolute Gasteiger partial charge is 1.00 e. The van der Waals surface area contributed by atoms with E-state index in [-0.39, 0.29) is 31.7 Å². The fourth-order valence-electron chi connectivity index (χ4n) is 1.12. The van der Waals surface area contributed by atoms with E-state index in [1.807, 2.05) is 0 Å². The minimum atomic E-state index is -4.70. The Morgan fingerprint density at radius 3 is 1.85 bits per heavy atom. The molecule has 0 unspecified atom stereocenters. The van der Waals surface area contributed by atoms with Gasteiger partial charge in [0.25, 0.3) is 11.9 Å². The quantitative estimate of drug-likeness (QED) is 0.302. The molecule has 1 saturated carbocycles. The van der Waals surface area contributed by atoms with E-state index >= 15 is 0 Å². The Morgan fingerprint density at radius 2 is 1.54 bits per heavy atom. The molecule has 2 aliphatic rings. The predicted molar refractivity (Wildman–Crippen MR) is 31.8 cm³/mol. The maximum absolute atomic E-state index is 12.3. The van der Waals surface area contributed by atoms with Crippen LogP contribution in [-0.4, -0.2) is 19.0 Å². The first kappa shape index (κ1) is 10.5. The van der Waals surface area contributed by atoms with Gasteiger partial charge in [-0.1, -0.05) is 0 Å². The van der Waals surface area contributed by atoms with Gasteiger partial charge in [-0.05, 0) is 12.8 Å². The van der Waals surface area contributed by atoms with Crippen LogP contribution in [0.1, 0.15) is 12.8 Å². The number of rotatable bonds is 0. The second-order valence-electron chi connectivity index (χ2n) is 2.93. The SMILES string of the molecule is O=C1O[B-](F)(F)OC(=O)C12CC2.[Li+]. The standard InChI is InChI=1S/C5H4BF2O4.Li/c7-6(8)11-3(9)5(1-2-5)4(10)12-6;/h1-2H2;/q-1;+1. The van der Waals surface area contributed by atoms with Crippen LogP contribution in [0.4, 0.5) is 8.63 Å². The fraction of sp³-hybridized carbons (Fsp3) is 0.600. The van der Waals surface area contributed by atoms with Crippen LogP contribution in [0.2, 0.25) is 0 Å². The summed E-state index contributed by atoms with van der Waals surface area (Å²) in [5.74, 6) is -2.30. The number of carbonyl (C=O) groups is 2. The molecule has 2 rings (SSSR count). The number of hydrogen-bond donors (Lipinski definition) is 0. The summed E-state index contributed by atoms with van der Waals surface area (Å²) in [4.78, 5) is 21.6. The molecule has 66 valence electrons. The van der Waals surface area contributed by atoms with Gasteiger partial charge in [0.2, 0.25) is 0 Å². The molecule has 4 nitrogen and oxygen atoms in total. The van der Waals surface area contributed by atoms with Crippen molar-refractivity contribution in [2.75, 3.05) is 0 Å². The second kappa shape index (κ2) is 2.72. The van der Waals surface area contributed by atoms with Crippen LogP contribution in [0.25, 0.3) is 0 Å². The summed E-state index contributed by atoms with van der Waals surface area (Å²) >= 11 is 0. The van der Waals surface area contributed by atoms with Gasteiger partial charge in [-0.15, -0.1) is 0 Å². The molecule has 1 aliphatic heterocycles. The van der Waals surface area contributed by atoms with Crippen molar-refractivity contribution < 1.29 is 46.4 Å². The van der Waals surface area contributed by atoms with Gasteiger partial charge >= 0.3 is 26.0 Å². The van der Waals surface area contributed by atoms with Gasteiger partial charge in [0, 0.05) is 0 Å². The van der Waals surface area contributed by atoms with Gasteiger partial charge in [0.15, 0.2) is 5.41 Å². The zero-order valence-corrected chi connectivity index (χ0v) is 6.88. The van der Waals surface area contributed by atoms with Gasteiger partial charge < -0.3 is 17.9 Å². The van der Waals surface area contributed by atoms with Gasteiger partial charge in [-0.25, -0.2) is 0 Å². The van der Waals surface area contributed by atoms with E-state index in [1.165, 1.54) is 0 Å². The Bertz CT molecular complexity index is 256. The van der Waals surface area contributed by atoms with Crippen LogP contribution in [0.3, 0.4) is 0 Å². The zero-order chi connectivity index (χ0) is 8.98. The molecular weight excluding hydrogens is 180 g/mol. The van der Waals surface area contributed by atoms with Crippen molar-refractivity contribution in [2.24, 2.45) is 5.41 Å². The molecule has 0 atom stereocenters. The Balaban J connectivity index is 0.000000845. The minimum Gasteiger partial charge on any atom is -0.600 e. The summed E-state index contributed by atoms with van der Waals surface area (Å²) in [6.45, 7) is 0. The van der Waals surface area contributed by atoms with E-state index < -0.39 is 24.5 Å². The smallest absolute Gasteiger partial charge is 0.600 e. The third-order valence-electron chi connectivity index (χ3n) is 2.02. The number of halogens is 2. The van der Waals surface area contributed by atoms with E-state index in [1.54, 1.807) is 0 Å². The van der Waals surface area contributed by atoms with Gasteiger partial charge in [0.1, 0.15) is 0 Å². The Morgan fingerprint density at radius 1 is 1.15 bits per heavy atom. The van der Waals surface area contributed by atoms with Crippen molar-refractivity contribution in [1.29, 1.82) is 0 Å². The van der Waals surface area contributed by atoms with Crippen molar-refractivity contribution >= 4 is 19.0 Å². The number of carbonyl (C=O) groups excluding carboxylic acids is 2. The molecule has 0 bridgehead atoms. The van der Waals surface area contributed by atoms with E-state index in [0.717, 1.165) is 0 Å². The average molecular weight is 184 g/mol.